The first kappa shape index (κ1) is 27.3. The number of allylic oxidation sites excluding steroid dienone is 2. The van der Waals surface area contributed by atoms with Crippen LogP contribution in [-0.2, 0) is 16.0 Å². The molecule has 0 aliphatic heterocycles. The minimum absolute atomic E-state index is 0.143. The van der Waals surface area contributed by atoms with Gasteiger partial charge in [-0.05, 0) is 32.9 Å². The number of hydrogen-bond acceptors (Lipinski definition) is 10. The number of hydrogen-bond donors (Lipinski definition) is 6. The largest absolute Gasteiger partial charge is 0.573 e. The summed E-state index contributed by atoms with van der Waals surface area (Å²) in [7, 11) is 4.44. The number of nitrogens with zero attached hydrogens (tertiary/aromatic N) is 1. The van der Waals surface area contributed by atoms with Crippen molar-refractivity contribution in [3.8, 4) is 11.5 Å². The van der Waals surface area contributed by atoms with Gasteiger partial charge >= 0.3 is 6.36 Å². The molecule has 3 aliphatic carbocycles. The Balaban J connectivity index is 2.01. The van der Waals surface area contributed by atoms with Gasteiger partial charge in [-0.3, -0.25) is 14.4 Å². The molecule has 206 valence electrons. The average molecular weight is 541 g/mol. The normalized spacial score (nSPS) is 27.2. The summed E-state index contributed by atoms with van der Waals surface area (Å²) in [5, 5.41) is 46.9. The van der Waals surface area contributed by atoms with Gasteiger partial charge in [0.2, 0.25) is 5.78 Å². The van der Waals surface area contributed by atoms with Crippen molar-refractivity contribution < 1.29 is 52.7 Å². The highest BCUT2D eigenvalue weighted by Crippen LogP contribution is 2.59. The number of amides is 1. The van der Waals surface area contributed by atoms with Gasteiger partial charge in [-0.15, -0.1) is 13.2 Å². The molecule has 3 aliphatic rings. The number of rotatable bonds is 5. The number of aliphatic hydroxyl groups excluding tert-OH is 2. The Morgan fingerprint density at radius 3 is 2.42 bits per heavy atom. The van der Waals surface area contributed by atoms with Gasteiger partial charge in [0.15, 0.2) is 11.4 Å². The van der Waals surface area contributed by atoms with Gasteiger partial charge in [0.25, 0.3) is 5.91 Å². The minimum Gasteiger partial charge on any atom is -0.511 e. The van der Waals surface area contributed by atoms with Crippen LogP contribution in [0.4, 0.5) is 18.9 Å². The van der Waals surface area contributed by atoms with Crippen LogP contribution in [0.3, 0.4) is 0 Å². The molecule has 0 saturated heterocycles. The fourth-order valence-corrected chi connectivity index (χ4v) is 6.11. The van der Waals surface area contributed by atoms with Gasteiger partial charge in [-0.1, -0.05) is 0 Å². The molecule has 14 heteroatoms. The number of benzene rings is 1. The van der Waals surface area contributed by atoms with Gasteiger partial charge in [-0.2, -0.15) is 0 Å². The van der Waals surface area contributed by atoms with Gasteiger partial charge in [0, 0.05) is 42.6 Å². The van der Waals surface area contributed by atoms with Gasteiger partial charge in [-0.25, -0.2) is 0 Å². The molecule has 7 N–H and O–H groups in total. The van der Waals surface area contributed by atoms with E-state index in [1.807, 2.05) is 0 Å². The molecule has 0 aromatic heterocycles. The van der Waals surface area contributed by atoms with E-state index in [0.29, 0.717) is 0 Å². The van der Waals surface area contributed by atoms with E-state index in [0.717, 1.165) is 6.07 Å². The molecular weight excluding hydrogens is 515 g/mol. The van der Waals surface area contributed by atoms with Crippen molar-refractivity contribution in [2.75, 3.05) is 33.0 Å². The monoisotopic (exact) mass is 541 g/mol. The minimum atomic E-state index is -5.13. The average Bonchev–Trinajstić information content (AvgIpc) is 2.76. The maximum atomic E-state index is 13.7. The lowest BCUT2D eigenvalue weighted by Crippen LogP contribution is -2.66. The van der Waals surface area contributed by atoms with E-state index in [9.17, 15) is 48.0 Å². The van der Waals surface area contributed by atoms with Crippen molar-refractivity contribution in [1.82, 2.24) is 4.90 Å². The summed E-state index contributed by atoms with van der Waals surface area (Å²) in [6, 6.07) is 0.885. The van der Waals surface area contributed by atoms with E-state index in [2.05, 4.69) is 10.1 Å². The Hall–Kier alpha value is -3.78. The number of primary amides is 1. The van der Waals surface area contributed by atoms with Crippen LogP contribution in [-0.4, -0.2) is 82.5 Å². The van der Waals surface area contributed by atoms with E-state index >= 15 is 0 Å². The molecular formula is C24H26F3N3O8. The summed E-state index contributed by atoms with van der Waals surface area (Å²) in [4.78, 5) is 40.6. The standard InChI is InChI=1S/C24H26F3N3O8/c1-29-11-5-13(38-24(25,26)27)10-4-9-6-22(8-30(2)3)7-12(31)16(21(28)36)20(35)23(22,37)19(34)14(9)18(33)15(10)17(11)32/h5,9,29,31-32,34,37H,4,6-8H2,1-3H3,(H2,28,36)/t9?,22-,23-/m0/s1. The molecule has 1 aromatic rings. The number of Topliss-reactive ketones (excluding diaryl/α,β-unsaturated/α-hetero) is 2. The van der Waals surface area contributed by atoms with Crippen LogP contribution in [0, 0.1) is 11.3 Å². The van der Waals surface area contributed by atoms with Crippen LogP contribution in [0.15, 0.2) is 28.7 Å². The topological polar surface area (TPSA) is 183 Å². The number of ether oxygens (including phenoxy) is 1. The van der Waals surface area contributed by atoms with Crippen molar-refractivity contribution in [1.29, 1.82) is 0 Å². The molecule has 0 saturated carbocycles. The third kappa shape index (κ3) is 3.77. The van der Waals surface area contributed by atoms with Crippen molar-refractivity contribution in [2.45, 2.75) is 31.2 Å². The van der Waals surface area contributed by atoms with Crippen molar-refractivity contribution in [3.63, 3.8) is 0 Å². The SMILES string of the molecule is CNc1cc(OC(F)(F)F)c2c(c1O)C(=O)C1=C(O)[C@]3(O)C(=O)C(C(N)=O)=C(O)C[C@]3(CN(C)C)CC1C2. The first-order valence-electron chi connectivity index (χ1n) is 11.4. The van der Waals surface area contributed by atoms with Crippen LogP contribution in [0.2, 0.25) is 0 Å². The van der Waals surface area contributed by atoms with Crippen LogP contribution in [0.5, 0.6) is 11.5 Å². The molecule has 0 bridgehead atoms. The predicted molar refractivity (Wildman–Crippen MR) is 125 cm³/mol. The summed E-state index contributed by atoms with van der Waals surface area (Å²) in [6.07, 6.45) is -6.26. The number of carbonyl (C=O) groups excluding carboxylic acids is 3. The van der Waals surface area contributed by atoms with Gasteiger partial charge in [0.1, 0.15) is 28.6 Å². The number of aromatic hydroxyl groups is 1. The summed E-state index contributed by atoms with van der Waals surface area (Å²) in [6.45, 7) is -0.143. The second kappa shape index (κ2) is 8.63. The fraction of sp³-hybridized carbons (Fsp3) is 0.458. The van der Waals surface area contributed by atoms with Crippen molar-refractivity contribution in [3.05, 3.63) is 39.9 Å². The van der Waals surface area contributed by atoms with Crippen LogP contribution in [0.1, 0.15) is 28.8 Å². The maximum Gasteiger partial charge on any atom is 0.573 e. The Morgan fingerprint density at radius 2 is 1.89 bits per heavy atom. The fourth-order valence-electron chi connectivity index (χ4n) is 6.11. The van der Waals surface area contributed by atoms with Crippen LogP contribution < -0.4 is 15.8 Å². The second-order valence-electron chi connectivity index (χ2n) is 10.0. The lowest BCUT2D eigenvalue weighted by Gasteiger charge is -2.54. The molecule has 0 heterocycles. The summed E-state index contributed by atoms with van der Waals surface area (Å²) in [5.41, 5.74) is -1.93. The van der Waals surface area contributed by atoms with E-state index in [1.54, 1.807) is 19.0 Å². The Morgan fingerprint density at radius 1 is 1.26 bits per heavy atom. The highest BCUT2D eigenvalue weighted by Gasteiger charge is 2.67. The molecule has 3 atom stereocenters. The summed E-state index contributed by atoms with van der Waals surface area (Å²) >= 11 is 0. The van der Waals surface area contributed by atoms with E-state index in [1.165, 1.54) is 7.05 Å². The zero-order chi connectivity index (χ0) is 28.5. The number of aliphatic hydroxyl groups is 3. The van der Waals surface area contributed by atoms with E-state index < -0.39 is 86.9 Å². The van der Waals surface area contributed by atoms with Crippen molar-refractivity contribution in [2.24, 2.45) is 17.1 Å². The van der Waals surface area contributed by atoms with Crippen LogP contribution in [0.25, 0.3) is 0 Å². The number of nitrogens with two attached hydrogens (primary N) is 1. The number of halogens is 3. The molecule has 4 rings (SSSR count). The number of anilines is 1. The summed E-state index contributed by atoms with van der Waals surface area (Å²) in [5.74, 6) is -8.25. The lowest BCUT2D eigenvalue weighted by molar-refractivity contribution is -0.275. The number of phenolic OH excluding ortho intramolecular Hbond substituents is 1. The molecule has 0 fully saturated rings. The van der Waals surface area contributed by atoms with Crippen LogP contribution >= 0.6 is 0 Å². The number of nitrogens with one attached hydrogen (secondary N) is 1. The quantitative estimate of drug-likeness (QED) is 0.236. The first-order valence-corrected chi connectivity index (χ1v) is 11.4. The van der Waals surface area contributed by atoms with Gasteiger partial charge in [0.05, 0.1) is 11.3 Å². The zero-order valence-corrected chi connectivity index (χ0v) is 20.6. The smallest absolute Gasteiger partial charge is 0.511 e. The number of fused-ring (bicyclic) bond motifs is 3. The third-order valence-corrected chi connectivity index (χ3v) is 7.41. The first-order chi connectivity index (χ1) is 17.5. The Kier molecular flexibility index (Phi) is 6.19. The Labute approximate surface area is 214 Å². The van der Waals surface area contributed by atoms with Crippen molar-refractivity contribution >= 4 is 23.2 Å². The number of ketones is 2. The summed E-state index contributed by atoms with van der Waals surface area (Å²) < 4.78 is 43.8. The molecule has 1 unspecified atom stereocenters. The number of carbonyl (C=O) groups is 3. The molecule has 1 amide bonds. The molecule has 11 nitrogen and oxygen atoms in total. The molecule has 1 aromatic carbocycles. The van der Waals surface area contributed by atoms with E-state index in [4.69, 9.17) is 5.73 Å². The Bertz CT molecular complexity index is 1340. The third-order valence-electron chi connectivity index (χ3n) is 7.41. The highest BCUT2D eigenvalue weighted by atomic mass is 19.4. The van der Waals surface area contributed by atoms with Gasteiger partial charge < -0.3 is 41.1 Å². The molecule has 0 spiro atoms. The predicted octanol–water partition coefficient (Wildman–Crippen LogP) is 1.45. The lowest BCUT2D eigenvalue weighted by atomic mass is 9.52. The van der Waals surface area contributed by atoms with E-state index in [-0.39, 0.29) is 30.6 Å². The zero-order valence-electron chi connectivity index (χ0n) is 20.6. The number of alkyl halides is 3. The number of phenols is 1. The second-order valence-corrected chi connectivity index (χ2v) is 10.0. The highest BCUT2D eigenvalue weighted by molar-refractivity contribution is 6.25. The molecule has 0 radical (unpaired) electrons. The maximum absolute atomic E-state index is 13.7. The molecule has 38 heavy (non-hydrogen) atoms.